The van der Waals surface area contributed by atoms with E-state index >= 15 is 0 Å². The van der Waals surface area contributed by atoms with Crippen molar-refractivity contribution in [3.05, 3.63) is 0 Å². The van der Waals surface area contributed by atoms with Crippen molar-refractivity contribution in [3.8, 4) is 0 Å². The van der Waals surface area contributed by atoms with Crippen LogP contribution in [0, 0.1) is 11.8 Å². The van der Waals surface area contributed by atoms with E-state index in [2.05, 4.69) is 41.7 Å². The van der Waals surface area contributed by atoms with E-state index in [1.165, 1.54) is 45.1 Å². The molecule has 1 atom stereocenters. The van der Waals surface area contributed by atoms with Crippen LogP contribution in [0.5, 0.6) is 0 Å². The second-order valence-electron chi connectivity index (χ2n) is 5.66. The second kappa shape index (κ2) is 7.71. The van der Waals surface area contributed by atoms with Crippen molar-refractivity contribution in [1.29, 1.82) is 0 Å². The molecule has 1 aliphatic rings. The van der Waals surface area contributed by atoms with Gasteiger partial charge in [-0.3, -0.25) is 0 Å². The van der Waals surface area contributed by atoms with Crippen LogP contribution in [0.3, 0.4) is 0 Å². The van der Waals surface area contributed by atoms with Crippen LogP contribution in [0.4, 0.5) is 0 Å². The molecule has 0 bridgehead atoms. The number of rotatable bonds is 6. The minimum Gasteiger partial charge on any atom is -0.303 e. The Labute approximate surface area is 110 Å². The van der Waals surface area contributed by atoms with Crippen molar-refractivity contribution in [2.24, 2.45) is 11.8 Å². The summed E-state index contributed by atoms with van der Waals surface area (Å²) in [4.78, 5) is 2.62. The molecule has 1 rings (SSSR count). The minimum absolute atomic E-state index is 0.842. The monoisotopic (exact) mass is 289 g/mol. The van der Waals surface area contributed by atoms with Crippen LogP contribution in [0.2, 0.25) is 0 Å². The molecule has 2 heteroatoms. The molecule has 1 unspecified atom stereocenters. The van der Waals surface area contributed by atoms with Crippen LogP contribution >= 0.6 is 15.9 Å². The molecule has 0 N–H and O–H groups in total. The van der Waals surface area contributed by atoms with Crippen molar-refractivity contribution < 1.29 is 0 Å². The zero-order chi connectivity index (χ0) is 12.0. The lowest BCUT2D eigenvalue weighted by Crippen LogP contribution is -2.38. The second-order valence-corrected chi connectivity index (χ2v) is 6.31. The van der Waals surface area contributed by atoms with E-state index in [-0.39, 0.29) is 0 Å². The van der Waals surface area contributed by atoms with E-state index in [1.54, 1.807) is 0 Å². The summed E-state index contributed by atoms with van der Waals surface area (Å²) in [5.74, 6) is 1.81. The van der Waals surface area contributed by atoms with E-state index in [0.29, 0.717) is 0 Å². The Kier molecular flexibility index (Phi) is 6.98. The first-order chi connectivity index (χ1) is 7.67. The summed E-state index contributed by atoms with van der Waals surface area (Å²) in [5.41, 5.74) is 0. The fourth-order valence-corrected chi connectivity index (χ4v) is 3.39. The number of nitrogens with zero attached hydrogens (tertiary/aromatic N) is 1. The van der Waals surface area contributed by atoms with Crippen molar-refractivity contribution in [2.75, 3.05) is 18.9 Å². The van der Waals surface area contributed by atoms with E-state index in [1.807, 2.05) is 0 Å². The van der Waals surface area contributed by atoms with Gasteiger partial charge in [-0.05, 0) is 51.0 Å². The predicted molar refractivity (Wildman–Crippen MR) is 76.2 cm³/mol. The Balaban J connectivity index is 2.30. The molecule has 1 nitrogen and oxygen atoms in total. The molecule has 0 saturated heterocycles. The Bertz CT molecular complexity index is 176. The van der Waals surface area contributed by atoms with Gasteiger partial charge in [-0.2, -0.15) is 0 Å². The van der Waals surface area contributed by atoms with E-state index < -0.39 is 0 Å². The van der Waals surface area contributed by atoms with Gasteiger partial charge in [-0.15, -0.1) is 0 Å². The first-order valence-electron chi connectivity index (χ1n) is 6.93. The summed E-state index contributed by atoms with van der Waals surface area (Å²) in [5, 5.41) is 1.16. The van der Waals surface area contributed by atoms with Gasteiger partial charge in [0.05, 0.1) is 0 Å². The summed E-state index contributed by atoms with van der Waals surface area (Å²) in [6.07, 6.45) is 8.37. The number of hydrogen-bond acceptors (Lipinski definition) is 1. The lowest BCUT2D eigenvalue weighted by Gasteiger charge is -2.35. The van der Waals surface area contributed by atoms with Gasteiger partial charge in [-0.1, -0.05) is 36.2 Å². The van der Waals surface area contributed by atoms with Crippen LogP contribution < -0.4 is 0 Å². The number of halogens is 1. The maximum absolute atomic E-state index is 3.65. The third kappa shape index (κ3) is 4.75. The molecule has 1 aliphatic carbocycles. The highest BCUT2D eigenvalue weighted by molar-refractivity contribution is 9.09. The van der Waals surface area contributed by atoms with Crippen LogP contribution in [0.1, 0.15) is 52.4 Å². The van der Waals surface area contributed by atoms with Crippen LogP contribution in [0.15, 0.2) is 0 Å². The van der Waals surface area contributed by atoms with Crippen molar-refractivity contribution >= 4 is 15.9 Å². The molecule has 0 spiro atoms. The van der Waals surface area contributed by atoms with Gasteiger partial charge in [0.2, 0.25) is 0 Å². The van der Waals surface area contributed by atoms with Gasteiger partial charge in [-0.25, -0.2) is 0 Å². The van der Waals surface area contributed by atoms with Gasteiger partial charge < -0.3 is 4.90 Å². The molecule has 0 heterocycles. The summed E-state index contributed by atoms with van der Waals surface area (Å²) in [7, 11) is 2.33. The highest BCUT2D eigenvalue weighted by Gasteiger charge is 2.22. The lowest BCUT2D eigenvalue weighted by atomic mass is 9.86. The van der Waals surface area contributed by atoms with Crippen LogP contribution in [0.25, 0.3) is 0 Å². The van der Waals surface area contributed by atoms with Crippen molar-refractivity contribution in [2.45, 2.75) is 58.4 Å². The third-order valence-corrected chi connectivity index (χ3v) is 4.99. The van der Waals surface area contributed by atoms with Crippen LogP contribution in [-0.2, 0) is 0 Å². The van der Waals surface area contributed by atoms with Gasteiger partial charge in [0.25, 0.3) is 0 Å². The number of hydrogen-bond donors (Lipinski definition) is 0. The third-order valence-electron chi connectivity index (χ3n) is 4.07. The average Bonchev–Trinajstić information content (AvgIpc) is 2.29. The number of alkyl halides is 1. The maximum atomic E-state index is 3.65. The lowest BCUT2D eigenvalue weighted by molar-refractivity contribution is 0.151. The largest absolute Gasteiger partial charge is 0.303 e. The summed E-state index contributed by atoms with van der Waals surface area (Å²) in [6, 6.07) is 0.856. The molecule has 0 aromatic rings. The van der Waals surface area contributed by atoms with Gasteiger partial charge in [0, 0.05) is 17.9 Å². The zero-order valence-corrected chi connectivity index (χ0v) is 12.8. The molecule has 16 heavy (non-hydrogen) atoms. The predicted octanol–water partition coefficient (Wildman–Crippen LogP) is 4.31. The summed E-state index contributed by atoms with van der Waals surface area (Å²) >= 11 is 3.65. The SMILES string of the molecule is CCCC(CBr)CN(C)C1CCC(C)CC1. The molecule has 0 aromatic heterocycles. The molecular formula is C14H28BrN. The molecule has 0 amide bonds. The van der Waals surface area contributed by atoms with Crippen molar-refractivity contribution in [3.63, 3.8) is 0 Å². The van der Waals surface area contributed by atoms with E-state index in [4.69, 9.17) is 0 Å². The molecule has 96 valence electrons. The molecule has 0 aliphatic heterocycles. The first kappa shape index (κ1) is 14.5. The highest BCUT2D eigenvalue weighted by atomic mass is 79.9. The smallest absolute Gasteiger partial charge is 0.00925 e. The molecule has 1 saturated carbocycles. The zero-order valence-electron chi connectivity index (χ0n) is 11.2. The van der Waals surface area contributed by atoms with E-state index in [0.717, 1.165) is 23.2 Å². The van der Waals surface area contributed by atoms with Crippen LogP contribution in [-0.4, -0.2) is 29.9 Å². The minimum atomic E-state index is 0.842. The first-order valence-corrected chi connectivity index (χ1v) is 8.05. The Morgan fingerprint density at radius 1 is 1.25 bits per heavy atom. The fourth-order valence-electron chi connectivity index (χ4n) is 2.87. The fraction of sp³-hybridized carbons (Fsp3) is 1.00. The molecule has 1 fully saturated rings. The standard InChI is InChI=1S/C14H28BrN/c1-4-5-13(10-15)11-16(3)14-8-6-12(2)7-9-14/h12-14H,4-11H2,1-3H3. The topological polar surface area (TPSA) is 3.24 Å². The molecule has 0 aromatic carbocycles. The highest BCUT2D eigenvalue weighted by Crippen LogP contribution is 2.27. The maximum Gasteiger partial charge on any atom is 0.00925 e. The van der Waals surface area contributed by atoms with E-state index in [9.17, 15) is 0 Å². The summed E-state index contributed by atoms with van der Waals surface area (Å²) in [6.45, 7) is 5.96. The molecule has 0 radical (unpaired) electrons. The Morgan fingerprint density at radius 2 is 1.88 bits per heavy atom. The summed E-state index contributed by atoms with van der Waals surface area (Å²) < 4.78 is 0. The Morgan fingerprint density at radius 3 is 2.38 bits per heavy atom. The quantitative estimate of drug-likeness (QED) is 0.659. The normalized spacial score (nSPS) is 28.3. The van der Waals surface area contributed by atoms with Gasteiger partial charge in [0.15, 0.2) is 0 Å². The van der Waals surface area contributed by atoms with Gasteiger partial charge in [0.1, 0.15) is 0 Å². The average molecular weight is 290 g/mol. The molecular weight excluding hydrogens is 262 g/mol. The van der Waals surface area contributed by atoms with Crippen molar-refractivity contribution in [1.82, 2.24) is 4.90 Å². The Hall–Kier alpha value is 0.440. The van der Waals surface area contributed by atoms with Gasteiger partial charge >= 0.3 is 0 Å².